The summed E-state index contributed by atoms with van der Waals surface area (Å²) < 4.78 is 0. The molecule has 0 saturated carbocycles. The SMILES string of the molecule is C[C@@H](O)c1cc2c(s1)C(=O)c1scc([C@@H](C)O)c1C2=O. The molecular formula is C14H12O4S2. The molecule has 0 saturated heterocycles. The summed E-state index contributed by atoms with van der Waals surface area (Å²) in [5.74, 6) is -0.432. The summed E-state index contributed by atoms with van der Waals surface area (Å²) in [6.07, 6.45) is -1.50. The van der Waals surface area contributed by atoms with Gasteiger partial charge in [0.25, 0.3) is 0 Å². The molecule has 0 aliphatic heterocycles. The van der Waals surface area contributed by atoms with Gasteiger partial charge in [-0.2, -0.15) is 0 Å². The fourth-order valence-electron chi connectivity index (χ4n) is 2.27. The van der Waals surface area contributed by atoms with Gasteiger partial charge in [-0.05, 0) is 25.3 Å². The molecule has 2 aromatic rings. The van der Waals surface area contributed by atoms with Crippen LogP contribution in [0.1, 0.15) is 67.0 Å². The van der Waals surface area contributed by atoms with Crippen LogP contribution in [0.3, 0.4) is 0 Å². The molecule has 0 spiro atoms. The van der Waals surface area contributed by atoms with E-state index in [1.54, 1.807) is 25.3 Å². The summed E-state index contributed by atoms with van der Waals surface area (Å²) in [6.45, 7) is 3.17. The van der Waals surface area contributed by atoms with Crippen LogP contribution < -0.4 is 0 Å². The van der Waals surface area contributed by atoms with Crippen molar-refractivity contribution in [3.8, 4) is 0 Å². The van der Waals surface area contributed by atoms with Gasteiger partial charge in [0.2, 0.25) is 5.78 Å². The number of ketones is 2. The van der Waals surface area contributed by atoms with E-state index in [2.05, 4.69) is 0 Å². The quantitative estimate of drug-likeness (QED) is 0.763. The summed E-state index contributed by atoms with van der Waals surface area (Å²) in [4.78, 5) is 26.4. The minimum absolute atomic E-state index is 0.191. The Hall–Kier alpha value is -1.34. The van der Waals surface area contributed by atoms with Gasteiger partial charge < -0.3 is 10.2 Å². The zero-order valence-electron chi connectivity index (χ0n) is 10.8. The molecule has 0 amide bonds. The van der Waals surface area contributed by atoms with E-state index >= 15 is 0 Å². The van der Waals surface area contributed by atoms with Crippen LogP contribution in [0.2, 0.25) is 0 Å². The molecule has 2 N–H and O–H groups in total. The molecule has 4 nitrogen and oxygen atoms in total. The van der Waals surface area contributed by atoms with E-state index in [0.29, 0.717) is 31.3 Å². The minimum Gasteiger partial charge on any atom is -0.389 e. The largest absolute Gasteiger partial charge is 0.389 e. The molecule has 2 atom stereocenters. The number of rotatable bonds is 2. The van der Waals surface area contributed by atoms with Crippen molar-refractivity contribution in [1.82, 2.24) is 0 Å². The third-order valence-electron chi connectivity index (χ3n) is 3.32. The second kappa shape index (κ2) is 4.60. The number of carbonyl (C=O) groups is 2. The van der Waals surface area contributed by atoms with Crippen molar-refractivity contribution in [1.29, 1.82) is 0 Å². The number of aliphatic hydroxyl groups is 2. The standard InChI is InChI=1S/C14H12O4S2/c1-5(15)8-4-19-14-10(8)11(17)7-3-9(6(2)16)20-13(7)12(14)18/h3-6,15-16H,1-2H3/t5-,6-/m1/s1. The maximum atomic E-state index is 12.5. The van der Waals surface area contributed by atoms with Crippen LogP contribution in [-0.4, -0.2) is 21.8 Å². The monoisotopic (exact) mass is 308 g/mol. The smallest absolute Gasteiger partial charge is 0.214 e. The summed E-state index contributed by atoms with van der Waals surface area (Å²) in [5.41, 5.74) is 1.15. The molecule has 20 heavy (non-hydrogen) atoms. The van der Waals surface area contributed by atoms with Gasteiger partial charge in [0.05, 0.1) is 27.5 Å². The van der Waals surface area contributed by atoms with Crippen molar-refractivity contribution in [2.24, 2.45) is 0 Å². The van der Waals surface area contributed by atoms with E-state index in [4.69, 9.17) is 0 Å². The zero-order chi connectivity index (χ0) is 14.6. The van der Waals surface area contributed by atoms with Crippen molar-refractivity contribution in [3.05, 3.63) is 42.8 Å². The van der Waals surface area contributed by atoms with Gasteiger partial charge in [0, 0.05) is 16.0 Å². The van der Waals surface area contributed by atoms with Gasteiger partial charge in [0.1, 0.15) is 0 Å². The first-order valence-electron chi connectivity index (χ1n) is 6.12. The predicted molar refractivity (Wildman–Crippen MR) is 76.8 cm³/mol. The van der Waals surface area contributed by atoms with Crippen LogP contribution in [0.25, 0.3) is 0 Å². The molecule has 2 heterocycles. The zero-order valence-corrected chi connectivity index (χ0v) is 12.5. The topological polar surface area (TPSA) is 74.6 Å². The fourth-order valence-corrected chi connectivity index (χ4v) is 4.47. The molecule has 0 unspecified atom stereocenters. The van der Waals surface area contributed by atoms with Crippen LogP contribution in [0.4, 0.5) is 0 Å². The second-order valence-corrected chi connectivity index (χ2v) is 6.76. The van der Waals surface area contributed by atoms with Gasteiger partial charge in [0.15, 0.2) is 5.78 Å². The molecule has 1 aliphatic carbocycles. The van der Waals surface area contributed by atoms with Crippen molar-refractivity contribution >= 4 is 34.2 Å². The number of hydrogen-bond acceptors (Lipinski definition) is 6. The number of hydrogen-bond donors (Lipinski definition) is 2. The molecule has 6 heteroatoms. The Morgan fingerprint density at radius 1 is 1.05 bits per heavy atom. The fraction of sp³-hybridized carbons (Fsp3) is 0.286. The maximum Gasteiger partial charge on any atom is 0.214 e. The average Bonchev–Trinajstić information content (AvgIpc) is 3.00. The summed E-state index contributed by atoms with van der Waals surface area (Å²) >= 11 is 2.35. The molecule has 0 radical (unpaired) electrons. The molecule has 0 fully saturated rings. The van der Waals surface area contributed by atoms with Crippen molar-refractivity contribution in [2.45, 2.75) is 26.1 Å². The molecule has 0 aromatic carbocycles. The van der Waals surface area contributed by atoms with Crippen LogP contribution in [0.15, 0.2) is 11.4 Å². The van der Waals surface area contributed by atoms with E-state index in [1.165, 1.54) is 11.3 Å². The van der Waals surface area contributed by atoms with E-state index in [0.717, 1.165) is 11.3 Å². The Morgan fingerprint density at radius 3 is 2.35 bits per heavy atom. The lowest BCUT2D eigenvalue weighted by Crippen LogP contribution is -2.18. The predicted octanol–water partition coefficient (Wildman–Crippen LogP) is 2.69. The Kier molecular flexibility index (Phi) is 3.13. The lowest BCUT2D eigenvalue weighted by molar-refractivity contribution is 0.0981. The summed E-state index contributed by atoms with van der Waals surface area (Å²) in [7, 11) is 0. The highest BCUT2D eigenvalue weighted by molar-refractivity contribution is 7.18. The van der Waals surface area contributed by atoms with E-state index in [1.807, 2.05) is 0 Å². The number of carbonyl (C=O) groups excluding carboxylic acids is 2. The van der Waals surface area contributed by atoms with Gasteiger partial charge in [-0.1, -0.05) is 0 Å². The molecule has 2 aromatic heterocycles. The Labute approximate surface area is 123 Å². The average molecular weight is 308 g/mol. The summed E-state index contributed by atoms with van der Waals surface area (Å²) in [5, 5.41) is 21.0. The number of thiophene rings is 2. The highest BCUT2D eigenvalue weighted by atomic mass is 32.1. The van der Waals surface area contributed by atoms with E-state index < -0.39 is 12.2 Å². The van der Waals surface area contributed by atoms with Crippen molar-refractivity contribution < 1.29 is 19.8 Å². The normalized spacial score (nSPS) is 16.8. The lowest BCUT2D eigenvalue weighted by atomic mass is 9.91. The molecule has 104 valence electrons. The van der Waals surface area contributed by atoms with Crippen LogP contribution in [0, 0.1) is 0 Å². The molecule has 0 bridgehead atoms. The van der Waals surface area contributed by atoms with Crippen LogP contribution in [0.5, 0.6) is 0 Å². The first-order valence-corrected chi connectivity index (χ1v) is 7.82. The van der Waals surface area contributed by atoms with Crippen molar-refractivity contribution in [3.63, 3.8) is 0 Å². The van der Waals surface area contributed by atoms with E-state index in [-0.39, 0.29) is 11.6 Å². The first kappa shape index (κ1) is 13.6. The van der Waals surface area contributed by atoms with Gasteiger partial charge in [-0.25, -0.2) is 0 Å². The second-order valence-electron chi connectivity index (χ2n) is 4.80. The van der Waals surface area contributed by atoms with Crippen molar-refractivity contribution in [2.75, 3.05) is 0 Å². The van der Waals surface area contributed by atoms with Gasteiger partial charge in [-0.3, -0.25) is 9.59 Å². The Balaban J connectivity index is 2.21. The van der Waals surface area contributed by atoms with Crippen LogP contribution in [-0.2, 0) is 0 Å². The first-order chi connectivity index (χ1) is 9.41. The Morgan fingerprint density at radius 2 is 1.75 bits per heavy atom. The van der Waals surface area contributed by atoms with Gasteiger partial charge in [-0.15, -0.1) is 22.7 Å². The highest BCUT2D eigenvalue weighted by Gasteiger charge is 2.36. The number of aliphatic hydroxyl groups excluding tert-OH is 2. The lowest BCUT2D eigenvalue weighted by Gasteiger charge is -2.12. The minimum atomic E-state index is -0.789. The summed E-state index contributed by atoms with van der Waals surface area (Å²) in [6, 6.07) is 1.58. The highest BCUT2D eigenvalue weighted by Crippen LogP contribution is 2.40. The van der Waals surface area contributed by atoms with Gasteiger partial charge >= 0.3 is 0 Å². The van der Waals surface area contributed by atoms with Crippen LogP contribution >= 0.6 is 22.7 Å². The molecular weight excluding hydrogens is 296 g/mol. The molecule has 3 rings (SSSR count). The van der Waals surface area contributed by atoms with E-state index in [9.17, 15) is 19.8 Å². The third kappa shape index (κ3) is 1.80. The Bertz CT molecular complexity index is 718. The molecule has 1 aliphatic rings. The maximum absolute atomic E-state index is 12.5. The number of fused-ring (bicyclic) bond motifs is 2. The third-order valence-corrected chi connectivity index (χ3v) is 5.62.